The molecule has 9 rings (SSSR count). The van der Waals surface area contributed by atoms with E-state index in [1.165, 1.54) is 27.1 Å². The molecule has 1 heterocycles. The van der Waals surface area contributed by atoms with Crippen LogP contribution in [0.5, 0.6) is 0 Å². The lowest BCUT2D eigenvalue weighted by molar-refractivity contribution is 1.18. The maximum atomic E-state index is 7.45. The first-order valence-corrected chi connectivity index (χ1v) is 17.4. The predicted octanol–water partition coefficient (Wildman–Crippen LogP) is 13.3. The van der Waals surface area contributed by atoms with Gasteiger partial charge in [0.2, 0.25) is 0 Å². The number of aromatic nitrogens is 2. The Hall–Kier alpha value is -7.15. The van der Waals surface area contributed by atoms with Crippen LogP contribution in [-0.4, -0.2) is 9.97 Å². The third-order valence-corrected chi connectivity index (χ3v) is 9.71. The Kier molecular flexibility index (Phi) is 7.89. The van der Waals surface area contributed by atoms with Gasteiger partial charge in [0.25, 0.3) is 0 Å². The molecule has 0 atom stereocenters. The second kappa shape index (κ2) is 13.3. The molecule has 0 amide bonds. The quantitative estimate of drug-likeness (QED) is 0.166. The van der Waals surface area contributed by atoms with Gasteiger partial charge in [0.15, 0.2) is 11.5 Å². The molecule has 0 bridgehead atoms. The zero-order chi connectivity index (χ0) is 34.9. The summed E-state index contributed by atoms with van der Waals surface area (Å²) in [5, 5.41) is 4.74. The van der Waals surface area contributed by atoms with Crippen LogP contribution in [0.3, 0.4) is 0 Å². The maximum absolute atomic E-state index is 7.45. The van der Waals surface area contributed by atoms with E-state index in [4.69, 9.17) is 16.5 Å². The Labute approximate surface area is 303 Å². The molecule has 0 saturated carbocycles. The van der Waals surface area contributed by atoms with Crippen LogP contribution < -0.4 is 0 Å². The Morgan fingerprint density at radius 2 is 0.904 bits per heavy atom. The number of fused-ring (bicyclic) bond motifs is 2. The molecule has 0 aliphatic rings. The topological polar surface area (TPSA) is 30.1 Å². The molecular weight excluding hydrogens is 631 g/mol. The highest BCUT2D eigenvalue weighted by Crippen LogP contribution is 2.42. The van der Waals surface area contributed by atoms with Crippen LogP contribution in [0.25, 0.3) is 93.7 Å². The largest absolute Gasteiger partial charge is 0.238 e. The van der Waals surface area contributed by atoms with Crippen LogP contribution in [0, 0.1) is 6.57 Å². The average molecular weight is 662 g/mol. The van der Waals surface area contributed by atoms with Crippen molar-refractivity contribution in [2.45, 2.75) is 0 Å². The molecule has 242 valence electrons. The van der Waals surface area contributed by atoms with E-state index in [1.54, 1.807) is 0 Å². The molecule has 52 heavy (non-hydrogen) atoms. The van der Waals surface area contributed by atoms with Gasteiger partial charge in [-0.05, 0) is 73.1 Å². The predicted molar refractivity (Wildman–Crippen MR) is 216 cm³/mol. The van der Waals surface area contributed by atoms with E-state index in [0.29, 0.717) is 11.5 Å². The summed E-state index contributed by atoms with van der Waals surface area (Å²) < 4.78 is 0. The standard InChI is InChI=1S/C49H31N3/c1-50-41-27-24-35(25-28-41)45-31-40(30-39-17-9-10-18-42(39)45)48-43-19-11-8-12-33(43)26-29-44(48)34-20-22-37(23-21-34)47-32-46(36-13-4-2-5-14-36)51-49(52-47)38-15-6-3-7-16-38/h2-32H. The smallest absolute Gasteiger partial charge is 0.187 e. The Morgan fingerprint density at radius 3 is 1.60 bits per heavy atom. The van der Waals surface area contributed by atoms with Gasteiger partial charge in [-0.1, -0.05) is 170 Å². The van der Waals surface area contributed by atoms with Crippen molar-refractivity contribution in [1.29, 1.82) is 0 Å². The van der Waals surface area contributed by atoms with Crippen LogP contribution in [0.1, 0.15) is 0 Å². The third kappa shape index (κ3) is 5.79. The van der Waals surface area contributed by atoms with Crippen molar-refractivity contribution in [3.05, 3.63) is 199 Å². The maximum Gasteiger partial charge on any atom is 0.187 e. The number of rotatable bonds is 6. The lowest BCUT2D eigenvalue weighted by atomic mass is 9.86. The van der Waals surface area contributed by atoms with Crippen LogP contribution in [0.15, 0.2) is 188 Å². The molecule has 9 aromatic rings. The first-order valence-electron chi connectivity index (χ1n) is 17.4. The molecule has 0 spiro atoms. The van der Waals surface area contributed by atoms with Crippen molar-refractivity contribution in [3.8, 4) is 67.3 Å². The van der Waals surface area contributed by atoms with E-state index in [2.05, 4.69) is 144 Å². The zero-order valence-corrected chi connectivity index (χ0v) is 28.2. The van der Waals surface area contributed by atoms with Crippen molar-refractivity contribution in [3.63, 3.8) is 0 Å². The van der Waals surface area contributed by atoms with E-state index < -0.39 is 0 Å². The van der Waals surface area contributed by atoms with Crippen molar-refractivity contribution in [1.82, 2.24) is 9.97 Å². The highest BCUT2D eigenvalue weighted by molar-refractivity contribution is 6.08. The van der Waals surface area contributed by atoms with Crippen LogP contribution in [-0.2, 0) is 0 Å². The summed E-state index contributed by atoms with van der Waals surface area (Å²) >= 11 is 0. The summed E-state index contributed by atoms with van der Waals surface area (Å²) in [5.74, 6) is 0.702. The van der Waals surface area contributed by atoms with Gasteiger partial charge in [-0.2, -0.15) is 0 Å². The summed E-state index contributed by atoms with van der Waals surface area (Å²) in [4.78, 5) is 13.6. The molecule has 0 aliphatic heterocycles. The summed E-state index contributed by atoms with van der Waals surface area (Å²) in [5.41, 5.74) is 12.3. The van der Waals surface area contributed by atoms with Crippen molar-refractivity contribution in [2.75, 3.05) is 0 Å². The van der Waals surface area contributed by atoms with E-state index in [1.807, 2.05) is 48.5 Å². The fraction of sp³-hybridized carbons (Fsp3) is 0. The first-order chi connectivity index (χ1) is 25.7. The van der Waals surface area contributed by atoms with E-state index in [-0.39, 0.29) is 0 Å². The van der Waals surface area contributed by atoms with Crippen molar-refractivity contribution >= 4 is 27.2 Å². The highest BCUT2D eigenvalue weighted by atomic mass is 14.9. The van der Waals surface area contributed by atoms with Crippen LogP contribution in [0.2, 0.25) is 0 Å². The van der Waals surface area contributed by atoms with Gasteiger partial charge in [0.1, 0.15) is 0 Å². The Morgan fingerprint density at radius 1 is 0.365 bits per heavy atom. The van der Waals surface area contributed by atoms with Gasteiger partial charge in [0, 0.05) is 16.7 Å². The Balaban J connectivity index is 1.19. The van der Waals surface area contributed by atoms with Gasteiger partial charge in [0.05, 0.1) is 18.0 Å². The van der Waals surface area contributed by atoms with Crippen molar-refractivity contribution < 1.29 is 0 Å². The van der Waals surface area contributed by atoms with E-state index in [0.717, 1.165) is 55.9 Å². The summed E-state index contributed by atoms with van der Waals surface area (Å²) in [6.45, 7) is 7.45. The third-order valence-electron chi connectivity index (χ3n) is 9.71. The van der Waals surface area contributed by atoms with Gasteiger partial charge in [-0.3, -0.25) is 0 Å². The summed E-state index contributed by atoms with van der Waals surface area (Å²) in [6.07, 6.45) is 0. The lowest BCUT2D eigenvalue weighted by Crippen LogP contribution is -1.96. The average Bonchev–Trinajstić information content (AvgIpc) is 3.23. The minimum Gasteiger partial charge on any atom is -0.238 e. The second-order valence-electron chi connectivity index (χ2n) is 12.9. The van der Waals surface area contributed by atoms with E-state index >= 15 is 0 Å². The molecular formula is C49H31N3. The van der Waals surface area contributed by atoms with Gasteiger partial charge in [-0.25, -0.2) is 14.8 Å². The minimum absolute atomic E-state index is 0.638. The zero-order valence-electron chi connectivity index (χ0n) is 28.2. The molecule has 8 aromatic carbocycles. The normalized spacial score (nSPS) is 11.1. The summed E-state index contributed by atoms with van der Waals surface area (Å²) in [7, 11) is 0. The fourth-order valence-electron chi connectivity index (χ4n) is 7.12. The Bertz CT molecular complexity index is 2710. The SMILES string of the molecule is [C-]#[N+]c1ccc(-c2cc(-c3c(-c4ccc(-c5cc(-c6ccccc6)nc(-c6ccccc6)n5)cc4)ccc4ccccc34)cc3ccccc23)cc1. The molecule has 3 heteroatoms. The number of nitrogens with zero attached hydrogens (tertiary/aromatic N) is 3. The molecule has 0 N–H and O–H groups in total. The number of hydrogen-bond donors (Lipinski definition) is 0. The van der Waals surface area contributed by atoms with E-state index in [9.17, 15) is 0 Å². The molecule has 0 fully saturated rings. The van der Waals surface area contributed by atoms with Gasteiger partial charge < -0.3 is 0 Å². The monoisotopic (exact) mass is 661 g/mol. The van der Waals surface area contributed by atoms with Crippen LogP contribution >= 0.6 is 0 Å². The molecule has 3 nitrogen and oxygen atoms in total. The van der Waals surface area contributed by atoms with Gasteiger partial charge in [-0.15, -0.1) is 0 Å². The highest BCUT2D eigenvalue weighted by Gasteiger charge is 2.16. The summed E-state index contributed by atoms with van der Waals surface area (Å²) in [6, 6.07) is 65.5. The van der Waals surface area contributed by atoms with Crippen LogP contribution in [0.4, 0.5) is 5.69 Å². The molecule has 0 radical (unpaired) electrons. The number of benzene rings is 8. The first kappa shape index (κ1) is 30.9. The fourth-order valence-corrected chi connectivity index (χ4v) is 7.12. The molecule has 0 unspecified atom stereocenters. The van der Waals surface area contributed by atoms with Crippen molar-refractivity contribution in [2.24, 2.45) is 0 Å². The molecule has 0 aliphatic carbocycles. The minimum atomic E-state index is 0.638. The molecule has 1 aromatic heterocycles. The van der Waals surface area contributed by atoms with Gasteiger partial charge >= 0.3 is 0 Å². The molecule has 0 saturated heterocycles. The second-order valence-corrected chi connectivity index (χ2v) is 12.9. The number of hydrogen-bond acceptors (Lipinski definition) is 2. The lowest BCUT2D eigenvalue weighted by Gasteiger charge is -2.17.